The molecule has 0 aliphatic rings. The van der Waals surface area contributed by atoms with Gasteiger partial charge in [-0.25, -0.2) is 4.68 Å². The van der Waals surface area contributed by atoms with Crippen LogP contribution in [0, 0.1) is 0 Å². The van der Waals surface area contributed by atoms with Gasteiger partial charge in [0, 0.05) is 6.07 Å². The summed E-state index contributed by atoms with van der Waals surface area (Å²) >= 11 is 11.7. The van der Waals surface area contributed by atoms with E-state index in [0.29, 0.717) is 21.8 Å². The molecule has 0 radical (unpaired) electrons. The molecule has 0 amide bonds. The molecule has 6 nitrogen and oxygen atoms in total. The van der Waals surface area contributed by atoms with Gasteiger partial charge in [0.1, 0.15) is 11.5 Å². The molecule has 0 N–H and O–H groups in total. The van der Waals surface area contributed by atoms with Gasteiger partial charge in [-0.05, 0) is 0 Å². The summed E-state index contributed by atoms with van der Waals surface area (Å²) in [5.74, 6) is 1.04. The maximum absolute atomic E-state index is 5.87. The van der Waals surface area contributed by atoms with Crippen molar-refractivity contribution < 1.29 is 0 Å². The molecule has 0 saturated carbocycles. The number of hydrogen-bond donors (Lipinski definition) is 0. The van der Waals surface area contributed by atoms with Gasteiger partial charge in [0.2, 0.25) is 0 Å². The fourth-order valence-corrected chi connectivity index (χ4v) is 1.67. The lowest BCUT2D eigenvalue weighted by molar-refractivity contribution is 0.781. The Kier molecular flexibility index (Phi) is 2.05. The third-order valence-corrected chi connectivity index (χ3v) is 2.38. The average Bonchev–Trinajstić information content (AvgIpc) is 2.84. The second kappa shape index (κ2) is 3.43. The molecule has 0 aromatic carbocycles. The molecular formula is C8H4Cl2N6. The predicted molar refractivity (Wildman–Crippen MR) is 57.9 cm³/mol. The maximum Gasteiger partial charge on any atom is 0.255 e. The minimum Gasteiger partial charge on any atom is -0.221 e. The van der Waals surface area contributed by atoms with Crippen LogP contribution in [0.4, 0.5) is 0 Å². The van der Waals surface area contributed by atoms with E-state index in [1.807, 2.05) is 0 Å². The van der Waals surface area contributed by atoms with Crippen molar-refractivity contribution >= 4 is 29.0 Å². The topological polar surface area (TPSA) is 60.9 Å². The molecule has 0 atom stereocenters. The lowest BCUT2D eigenvalue weighted by atomic mass is 10.6. The largest absolute Gasteiger partial charge is 0.255 e. The summed E-state index contributed by atoms with van der Waals surface area (Å²) in [7, 11) is 0. The molecule has 3 heterocycles. The van der Waals surface area contributed by atoms with Gasteiger partial charge in [-0.15, -0.1) is 0 Å². The van der Waals surface area contributed by atoms with Gasteiger partial charge < -0.3 is 0 Å². The first-order valence-electron chi connectivity index (χ1n) is 4.31. The number of nitrogens with zero attached hydrogens (tertiary/aromatic N) is 6. The Morgan fingerprint density at radius 2 is 2.06 bits per heavy atom. The lowest BCUT2D eigenvalue weighted by Gasteiger charge is -2.03. The highest BCUT2D eigenvalue weighted by Crippen LogP contribution is 2.15. The molecule has 3 aromatic rings. The van der Waals surface area contributed by atoms with Gasteiger partial charge in [0.15, 0.2) is 5.82 Å². The van der Waals surface area contributed by atoms with Crippen LogP contribution in [0.3, 0.4) is 0 Å². The highest BCUT2D eigenvalue weighted by Gasteiger charge is 2.09. The first-order chi connectivity index (χ1) is 7.74. The first-order valence-corrected chi connectivity index (χ1v) is 5.06. The molecule has 3 aromatic heterocycles. The van der Waals surface area contributed by atoms with E-state index in [-0.39, 0.29) is 0 Å². The van der Waals surface area contributed by atoms with E-state index < -0.39 is 0 Å². The lowest BCUT2D eigenvalue weighted by Crippen LogP contribution is -2.05. The van der Waals surface area contributed by atoms with Crippen LogP contribution in [0.15, 0.2) is 24.8 Å². The molecule has 0 saturated heterocycles. The monoisotopic (exact) mass is 254 g/mol. The summed E-state index contributed by atoms with van der Waals surface area (Å²) in [6.45, 7) is 0. The molecule has 0 aliphatic heterocycles. The quantitative estimate of drug-likeness (QED) is 0.620. The molecule has 0 aliphatic carbocycles. The van der Waals surface area contributed by atoms with Crippen LogP contribution in [0.1, 0.15) is 0 Å². The van der Waals surface area contributed by atoms with Gasteiger partial charge in [-0.3, -0.25) is 0 Å². The van der Waals surface area contributed by atoms with Gasteiger partial charge in [-0.1, -0.05) is 23.2 Å². The number of rotatable bonds is 1. The number of fused-ring (bicyclic) bond motifs is 1. The van der Waals surface area contributed by atoms with Crippen LogP contribution in [0.2, 0.25) is 10.2 Å². The van der Waals surface area contributed by atoms with Crippen molar-refractivity contribution in [3.8, 4) is 5.82 Å². The van der Waals surface area contributed by atoms with E-state index in [9.17, 15) is 0 Å². The SMILES string of the molecule is Clc1cnn(-c2cc(Cl)nc3ncnn23)c1. The zero-order valence-corrected chi connectivity index (χ0v) is 9.26. The molecule has 0 bridgehead atoms. The highest BCUT2D eigenvalue weighted by molar-refractivity contribution is 6.30. The van der Waals surface area contributed by atoms with Gasteiger partial charge in [0.05, 0.1) is 17.4 Å². The van der Waals surface area contributed by atoms with E-state index in [4.69, 9.17) is 23.2 Å². The Labute approximate surface area is 99.4 Å². The van der Waals surface area contributed by atoms with Crippen molar-refractivity contribution in [2.45, 2.75) is 0 Å². The van der Waals surface area contributed by atoms with Gasteiger partial charge in [-0.2, -0.15) is 24.7 Å². The normalized spacial score (nSPS) is 11.1. The molecule has 16 heavy (non-hydrogen) atoms. The smallest absolute Gasteiger partial charge is 0.221 e. The van der Waals surface area contributed by atoms with E-state index in [2.05, 4.69) is 20.2 Å². The number of hydrogen-bond acceptors (Lipinski definition) is 4. The molecular weight excluding hydrogens is 251 g/mol. The van der Waals surface area contributed by atoms with Crippen LogP contribution >= 0.6 is 23.2 Å². The van der Waals surface area contributed by atoms with Gasteiger partial charge in [0.25, 0.3) is 5.78 Å². The van der Waals surface area contributed by atoms with E-state index in [1.54, 1.807) is 16.9 Å². The zero-order valence-electron chi connectivity index (χ0n) is 7.75. The summed E-state index contributed by atoms with van der Waals surface area (Å²) in [6.07, 6.45) is 4.57. The second-order valence-electron chi connectivity index (χ2n) is 3.01. The van der Waals surface area contributed by atoms with Crippen LogP contribution in [0.5, 0.6) is 0 Å². The molecule has 80 valence electrons. The Hall–Kier alpha value is -1.66. The summed E-state index contributed by atoms with van der Waals surface area (Å²) in [5, 5.41) is 8.94. The fraction of sp³-hybridized carbons (Fsp3) is 0. The summed E-state index contributed by atoms with van der Waals surface area (Å²) in [5.41, 5.74) is 0. The molecule has 0 fully saturated rings. The van der Waals surface area contributed by atoms with E-state index >= 15 is 0 Å². The van der Waals surface area contributed by atoms with Crippen molar-refractivity contribution in [3.63, 3.8) is 0 Å². The minimum atomic E-state index is 0.321. The van der Waals surface area contributed by atoms with Crippen molar-refractivity contribution in [1.29, 1.82) is 0 Å². The zero-order chi connectivity index (χ0) is 11.1. The van der Waals surface area contributed by atoms with Crippen LogP contribution in [-0.4, -0.2) is 29.4 Å². The Bertz CT molecular complexity index is 657. The average molecular weight is 255 g/mol. The Morgan fingerprint density at radius 3 is 2.81 bits per heavy atom. The van der Waals surface area contributed by atoms with E-state index in [1.165, 1.54) is 17.0 Å². The molecule has 0 unspecified atom stereocenters. The van der Waals surface area contributed by atoms with E-state index in [0.717, 1.165) is 0 Å². The maximum atomic E-state index is 5.87. The van der Waals surface area contributed by atoms with Crippen LogP contribution in [0.25, 0.3) is 11.6 Å². The Balaban J connectivity index is 2.33. The van der Waals surface area contributed by atoms with Crippen molar-refractivity contribution in [2.75, 3.05) is 0 Å². The molecule has 0 spiro atoms. The summed E-state index contributed by atoms with van der Waals surface area (Å²) in [4.78, 5) is 7.96. The second-order valence-corrected chi connectivity index (χ2v) is 3.84. The summed E-state index contributed by atoms with van der Waals surface area (Å²) < 4.78 is 3.08. The Morgan fingerprint density at radius 1 is 1.19 bits per heavy atom. The third kappa shape index (κ3) is 1.43. The number of aromatic nitrogens is 6. The van der Waals surface area contributed by atoms with Crippen LogP contribution < -0.4 is 0 Å². The van der Waals surface area contributed by atoms with Gasteiger partial charge >= 0.3 is 0 Å². The predicted octanol–water partition coefficient (Wildman–Crippen LogP) is 1.62. The third-order valence-electron chi connectivity index (χ3n) is 1.99. The fourth-order valence-electron chi connectivity index (χ4n) is 1.36. The standard InChI is InChI=1S/C8H4Cl2N6/c9-5-2-12-15(3-5)7-1-6(10)14-8-11-4-13-16(7)8/h1-4H. The van der Waals surface area contributed by atoms with Crippen molar-refractivity contribution in [1.82, 2.24) is 29.4 Å². The minimum absolute atomic E-state index is 0.321. The number of halogens is 2. The summed E-state index contributed by atoms with van der Waals surface area (Å²) in [6, 6.07) is 1.63. The highest BCUT2D eigenvalue weighted by atomic mass is 35.5. The van der Waals surface area contributed by atoms with Crippen LogP contribution in [-0.2, 0) is 0 Å². The molecule has 8 heteroatoms. The molecule has 3 rings (SSSR count). The first kappa shape index (κ1) is 9.56. The van der Waals surface area contributed by atoms with Crippen molar-refractivity contribution in [2.24, 2.45) is 0 Å². The van der Waals surface area contributed by atoms with Crippen molar-refractivity contribution in [3.05, 3.63) is 35.0 Å².